The Kier molecular flexibility index (Phi) is 10.2. The van der Waals surface area contributed by atoms with Crippen LogP contribution in [0.5, 0.6) is 0 Å². The van der Waals surface area contributed by atoms with E-state index in [9.17, 15) is 23.6 Å². The number of hydrogen-bond donors (Lipinski definition) is 1. The maximum absolute atomic E-state index is 13.6. The van der Waals surface area contributed by atoms with Crippen molar-refractivity contribution >= 4 is 28.8 Å². The molecule has 45 heavy (non-hydrogen) atoms. The Morgan fingerprint density at radius 2 is 1.82 bits per heavy atom. The topological polar surface area (TPSA) is 135 Å². The Bertz CT molecular complexity index is 1760. The van der Waals surface area contributed by atoms with Crippen LogP contribution in [-0.4, -0.2) is 74.2 Å². The standard InChI is InChI=1S/C32H38FN7O5/c1-3-15-39-29-27(31(43)40(32(39)44)19-7-20-45-2)35-28(36-29)23-11-14-25(34-21-23)38(30(42)22-9-12-24(33)13-10-22)18-6-17-37-16-5-4-8-26(37)41/h9-14,21H,3-8,15-20H2,1-2H3,(H,35,36). The number of fused-ring (bicyclic) bond motifs is 1. The van der Waals surface area contributed by atoms with E-state index in [2.05, 4.69) is 15.0 Å². The van der Waals surface area contributed by atoms with Gasteiger partial charge < -0.3 is 14.6 Å². The van der Waals surface area contributed by atoms with E-state index in [4.69, 9.17) is 4.74 Å². The zero-order valence-corrected chi connectivity index (χ0v) is 25.6. The van der Waals surface area contributed by atoms with Crippen molar-refractivity contribution in [2.75, 3.05) is 38.3 Å². The van der Waals surface area contributed by atoms with Crippen LogP contribution in [0.4, 0.5) is 10.2 Å². The number of ether oxygens (including phenoxy) is 1. The van der Waals surface area contributed by atoms with E-state index in [-0.39, 0.29) is 29.5 Å². The van der Waals surface area contributed by atoms with Crippen molar-refractivity contribution in [3.63, 3.8) is 0 Å². The lowest BCUT2D eigenvalue weighted by atomic mass is 10.1. The van der Waals surface area contributed by atoms with Crippen LogP contribution in [0.1, 0.15) is 55.8 Å². The first-order valence-electron chi connectivity index (χ1n) is 15.4. The van der Waals surface area contributed by atoms with Crippen LogP contribution in [0.15, 0.2) is 52.2 Å². The number of nitrogens with zero attached hydrogens (tertiary/aromatic N) is 6. The molecular formula is C32H38FN7O5. The van der Waals surface area contributed by atoms with Gasteiger partial charge in [0.1, 0.15) is 23.0 Å². The maximum atomic E-state index is 13.6. The number of methoxy groups -OCH3 is 1. The summed E-state index contributed by atoms with van der Waals surface area (Å²) in [5, 5.41) is 0. The summed E-state index contributed by atoms with van der Waals surface area (Å²) in [6.07, 6.45) is 5.67. The Labute approximate surface area is 259 Å². The van der Waals surface area contributed by atoms with Crippen molar-refractivity contribution in [2.24, 2.45) is 0 Å². The number of rotatable bonds is 13. The van der Waals surface area contributed by atoms with Crippen LogP contribution in [0.2, 0.25) is 0 Å². The number of halogens is 1. The van der Waals surface area contributed by atoms with Gasteiger partial charge in [-0.2, -0.15) is 0 Å². The number of aromatic nitrogens is 5. The number of aryl methyl sites for hydroxylation is 1. The number of benzene rings is 1. The van der Waals surface area contributed by atoms with E-state index in [0.29, 0.717) is 81.2 Å². The second kappa shape index (κ2) is 14.4. The number of amides is 2. The fourth-order valence-electron chi connectivity index (χ4n) is 5.56. The molecule has 0 radical (unpaired) electrons. The highest BCUT2D eigenvalue weighted by Crippen LogP contribution is 2.22. The quantitative estimate of drug-likeness (QED) is 0.226. The molecule has 0 saturated carbocycles. The zero-order valence-electron chi connectivity index (χ0n) is 25.6. The van der Waals surface area contributed by atoms with Gasteiger partial charge in [0.05, 0.1) is 0 Å². The highest BCUT2D eigenvalue weighted by molar-refractivity contribution is 6.05. The number of aromatic amines is 1. The van der Waals surface area contributed by atoms with Crippen LogP contribution in [0.3, 0.4) is 0 Å². The predicted octanol–water partition coefficient (Wildman–Crippen LogP) is 3.58. The van der Waals surface area contributed by atoms with Gasteiger partial charge in [-0.1, -0.05) is 6.92 Å². The van der Waals surface area contributed by atoms with Crippen molar-refractivity contribution in [2.45, 2.75) is 58.5 Å². The number of piperidine rings is 1. The lowest BCUT2D eigenvalue weighted by Crippen LogP contribution is -2.40. The Balaban J connectivity index is 1.44. The minimum absolute atomic E-state index is 0.122. The maximum Gasteiger partial charge on any atom is 0.332 e. The van der Waals surface area contributed by atoms with E-state index < -0.39 is 17.1 Å². The number of nitrogens with one attached hydrogen (secondary N) is 1. The molecule has 0 unspecified atom stereocenters. The second-order valence-corrected chi connectivity index (χ2v) is 11.1. The summed E-state index contributed by atoms with van der Waals surface area (Å²) in [7, 11) is 1.57. The first-order valence-corrected chi connectivity index (χ1v) is 15.4. The summed E-state index contributed by atoms with van der Waals surface area (Å²) >= 11 is 0. The minimum Gasteiger partial charge on any atom is -0.385 e. The highest BCUT2D eigenvalue weighted by Gasteiger charge is 2.23. The average molecular weight is 620 g/mol. The average Bonchev–Trinajstić information content (AvgIpc) is 3.50. The summed E-state index contributed by atoms with van der Waals surface area (Å²) in [4.78, 5) is 67.9. The SMILES string of the molecule is CCCn1c(=O)n(CCCOC)c(=O)c2[nH]c(-c3ccc(N(CCCN4CCCCC4=O)C(=O)c4ccc(F)cc4)nc3)nc21. The largest absolute Gasteiger partial charge is 0.385 e. The molecule has 13 heteroatoms. The smallest absolute Gasteiger partial charge is 0.332 e. The van der Waals surface area contributed by atoms with E-state index >= 15 is 0 Å². The molecule has 1 aliphatic heterocycles. The van der Waals surface area contributed by atoms with E-state index in [0.717, 1.165) is 12.8 Å². The van der Waals surface area contributed by atoms with Gasteiger partial charge in [0.2, 0.25) is 5.91 Å². The fourth-order valence-corrected chi connectivity index (χ4v) is 5.56. The summed E-state index contributed by atoms with van der Waals surface area (Å²) in [6, 6.07) is 8.74. The molecule has 2 amide bonds. The van der Waals surface area contributed by atoms with Crippen molar-refractivity contribution in [1.82, 2.24) is 29.0 Å². The van der Waals surface area contributed by atoms with Gasteiger partial charge in [0.25, 0.3) is 11.5 Å². The van der Waals surface area contributed by atoms with Crippen molar-refractivity contribution in [1.29, 1.82) is 0 Å². The third kappa shape index (κ3) is 7.03. The number of anilines is 1. The highest BCUT2D eigenvalue weighted by atomic mass is 19.1. The van der Waals surface area contributed by atoms with Gasteiger partial charge in [-0.3, -0.25) is 28.4 Å². The van der Waals surface area contributed by atoms with Crippen LogP contribution >= 0.6 is 0 Å². The van der Waals surface area contributed by atoms with Gasteiger partial charge >= 0.3 is 5.69 Å². The van der Waals surface area contributed by atoms with Crippen LogP contribution < -0.4 is 16.1 Å². The van der Waals surface area contributed by atoms with Gasteiger partial charge in [-0.05, 0) is 68.5 Å². The first-order chi connectivity index (χ1) is 21.8. The number of pyridine rings is 1. The number of hydrogen-bond acceptors (Lipinski definition) is 7. The number of carbonyl (C=O) groups is 2. The molecule has 1 saturated heterocycles. The molecular weight excluding hydrogens is 581 g/mol. The molecule has 238 valence electrons. The summed E-state index contributed by atoms with van der Waals surface area (Å²) < 4.78 is 21.4. The number of H-pyrrole nitrogens is 1. The van der Waals surface area contributed by atoms with Gasteiger partial charge in [-0.15, -0.1) is 0 Å². The molecule has 0 atom stereocenters. The molecule has 4 aromatic rings. The Morgan fingerprint density at radius 1 is 1.02 bits per heavy atom. The molecule has 1 aliphatic rings. The van der Waals surface area contributed by atoms with E-state index in [1.807, 2.05) is 11.8 Å². The monoisotopic (exact) mass is 619 g/mol. The van der Waals surface area contributed by atoms with Crippen molar-refractivity contribution < 1.29 is 18.7 Å². The van der Waals surface area contributed by atoms with Crippen LogP contribution in [-0.2, 0) is 22.6 Å². The predicted molar refractivity (Wildman–Crippen MR) is 168 cm³/mol. The van der Waals surface area contributed by atoms with Crippen molar-refractivity contribution in [3.8, 4) is 11.4 Å². The lowest BCUT2D eigenvalue weighted by Gasteiger charge is -2.28. The minimum atomic E-state index is -0.454. The summed E-state index contributed by atoms with van der Waals surface area (Å²) in [5.74, 6) is 0.0670. The molecule has 1 aromatic carbocycles. The lowest BCUT2D eigenvalue weighted by molar-refractivity contribution is -0.133. The molecule has 1 fully saturated rings. The first kappa shape index (κ1) is 31.8. The molecule has 0 bridgehead atoms. The molecule has 3 aromatic heterocycles. The molecule has 0 aliphatic carbocycles. The molecule has 4 heterocycles. The van der Waals surface area contributed by atoms with Crippen LogP contribution in [0, 0.1) is 5.82 Å². The van der Waals surface area contributed by atoms with Crippen LogP contribution in [0.25, 0.3) is 22.6 Å². The Hall–Kier alpha value is -4.65. The van der Waals surface area contributed by atoms with Crippen molar-refractivity contribution in [3.05, 3.63) is 74.8 Å². The van der Waals surface area contributed by atoms with Gasteiger partial charge in [0.15, 0.2) is 5.65 Å². The van der Waals surface area contributed by atoms with E-state index in [1.165, 1.54) is 38.3 Å². The van der Waals surface area contributed by atoms with E-state index in [1.54, 1.807) is 25.4 Å². The third-order valence-electron chi connectivity index (χ3n) is 7.90. The second-order valence-electron chi connectivity index (χ2n) is 11.1. The molecule has 0 spiro atoms. The van der Waals surface area contributed by atoms with Gasteiger partial charge in [-0.25, -0.2) is 19.2 Å². The molecule has 12 nitrogen and oxygen atoms in total. The fraction of sp³-hybridized carbons (Fsp3) is 0.438. The third-order valence-corrected chi connectivity index (χ3v) is 7.90. The van der Waals surface area contributed by atoms with Gasteiger partial charge in [0, 0.05) is 70.2 Å². The molecule has 5 rings (SSSR count). The normalized spacial score (nSPS) is 13.5. The summed E-state index contributed by atoms with van der Waals surface area (Å²) in [5.41, 5.74) is 0.491. The molecule has 1 N–H and O–H groups in total. The zero-order chi connectivity index (χ0) is 31.9. The summed E-state index contributed by atoms with van der Waals surface area (Å²) in [6.45, 7) is 4.50. The number of likely N-dealkylation sites (tertiary alicyclic amines) is 1. The number of carbonyl (C=O) groups excluding carboxylic acids is 2. The number of imidazole rings is 1. The Morgan fingerprint density at radius 3 is 2.51 bits per heavy atom.